The molecule has 5 heteroatoms. The van der Waals surface area contributed by atoms with E-state index in [0.717, 1.165) is 25.0 Å². The Bertz CT molecular complexity index is 488. The molecule has 1 atom stereocenters. The standard InChI is InChI=1S/C14H17F2NO2/c1-3-19-13(18)14(2,17-10-5-6-10)9-4-7-11(15)12(16)8-9/h4,7-8,10,17H,3,5-6H2,1-2H3. The van der Waals surface area contributed by atoms with Crippen molar-refractivity contribution in [3.8, 4) is 0 Å². The molecule has 1 saturated carbocycles. The summed E-state index contributed by atoms with van der Waals surface area (Å²) in [5.74, 6) is -2.38. The highest BCUT2D eigenvalue weighted by Gasteiger charge is 2.41. The average Bonchev–Trinajstić information content (AvgIpc) is 3.16. The lowest BCUT2D eigenvalue weighted by Gasteiger charge is -2.29. The summed E-state index contributed by atoms with van der Waals surface area (Å²) in [5.41, 5.74) is -0.775. The molecule has 104 valence electrons. The predicted octanol–water partition coefficient (Wildman–Crippen LogP) is 2.50. The molecule has 1 aromatic carbocycles. The lowest BCUT2D eigenvalue weighted by atomic mass is 9.91. The van der Waals surface area contributed by atoms with Gasteiger partial charge in [-0.3, -0.25) is 5.32 Å². The van der Waals surface area contributed by atoms with Crippen LogP contribution < -0.4 is 5.32 Å². The van der Waals surface area contributed by atoms with Crippen molar-refractivity contribution in [2.75, 3.05) is 6.61 Å². The zero-order valence-electron chi connectivity index (χ0n) is 11.0. The summed E-state index contributed by atoms with van der Waals surface area (Å²) in [6, 6.07) is 3.70. The van der Waals surface area contributed by atoms with Gasteiger partial charge in [-0.1, -0.05) is 6.07 Å². The van der Waals surface area contributed by atoms with Crippen LogP contribution in [0.1, 0.15) is 32.3 Å². The van der Waals surface area contributed by atoms with Crippen molar-refractivity contribution >= 4 is 5.97 Å². The van der Waals surface area contributed by atoms with Gasteiger partial charge in [0.2, 0.25) is 0 Å². The van der Waals surface area contributed by atoms with Gasteiger partial charge in [0.05, 0.1) is 6.61 Å². The maximum absolute atomic E-state index is 13.4. The summed E-state index contributed by atoms with van der Waals surface area (Å²) in [7, 11) is 0. The van der Waals surface area contributed by atoms with Crippen LogP contribution in [-0.4, -0.2) is 18.6 Å². The second-order valence-corrected chi connectivity index (χ2v) is 4.89. The monoisotopic (exact) mass is 269 g/mol. The van der Waals surface area contributed by atoms with Crippen molar-refractivity contribution in [2.24, 2.45) is 0 Å². The van der Waals surface area contributed by atoms with E-state index in [-0.39, 0.29) is 12.6 Å². The first kappa shape index (κ1) is 13.9. The molecule has 1 aliphatic rings. The molecule has 0 aliphatic heterocycles. The largest absolute Gasteiger partial charge is 0.464 e. The SMILES string of the molecule is CCOC(=O)C(C)(NC1CC1)c1ccc(F)c(F)c1. The number of carbonyl (C=O) groups excluding carboxylic acids is 1. The molecule has 0 amide bonds. The van der Waals surface area contributed by atoms with E-state index in [1.807, 2.05) is 0 Å². The van der Waals surface area contributed by atoms with Crippen molar-refractivity contribution in [1.29, 1.82) is 0 Å². The van der Waals surface area contributed by atoms with Crippen LogP contribution in [0, 0.1) is 11.6 Å². The zero-order chi connectivity index (χ0) is 14.0. The van der Waals surface area contributed by atoms with Crippen LogP contribution in [-0.2, 0) is 15.1 Å². The van der Waals surface area contributed by atoms with Crippen LogP contribution in [0.2, 0.25) is 0 Å². The van der Waals surface area contributed by atoms with E-state index in [1.54, 1.807) is 13.8 Å². The molecular formula is C14H17F2NO2. The maximum atomic E-state index is 13.4. The fourth-order valence-corrected chi connectivity index (χ4v) is 1.98. The van der Waals surface area contributed by atoms with Gasteiger partial charge in [0.1, 0.15) is 5.54 Å². The van der Waals surface area contributed by atoms with Gasteiger partial charge in [-0.2, -0.15) is 0 Å². The second kappa shape index (κ2) is 5.25. The van der Waals surface area contributed by atoms with Gasteiger partial charge in [-0.25, -0.2) is 13.6 Å². The smallest absolute Gasteiger partial charge is 0.330 e. The van der Waals surface area contributed by atoms with E-state index < -0.39 is 23.1 Å². The molecule has 1 aliphatic carbocycles. The molecule has 3 nitrogen and oxygen atoms in total. The van der Waals surface area contributed by atoms with Crippen LogP contribution in [0.4, 0.5) is 8.78 Å². The number of carbonyl (C=O) groups is 1. The van der Waals surface area contributed by atoms with Crippen LogP contribution in [0.5, 0.6) is 0 Å². The van der Waals surface area contributed by atoms with E-state index in [0.29, 0.717) is 5.56 Å². The Morgan fingerprint density at radius 3 is 2.63 bits per heavy atom. The average molecular weight is 269 g/mol. The minimum absolute atomic E-state index is 0.225. The van der Waals surface area contributed by atoms with E-state index in [9.17, 15) is 13.6 Å². The van der Waals surface area contributed by atoms with E-state index in [4.69, 9.17) is 4.74 Å². The van der Waals surface area contributed by atoms with Crippen molar-refractivity contribution in [3.63, 3.8) is 0 Å². The number of ether oxygens (including phenoxy) is 1. The van der Waals surface area contributed by atoms with Gasteiger partial charge in [-0.05, 0) is 44.4 Å². The Kier molecular flexibility index (Phi) is 3.85. The molecule has 0 aromatic heterocycles. The van der Waals surface area contributed by atoms with E-state index in [1.165, 1.54) is 6.07 Å². The van der Waals surface area contributed by atoms with Crippen molar-refractivity contribution < 1.29 is 18.3 Å². The Hall–Kier alpha value is -1.49. The summed E-state index contributed by atoms with van der Waals surface area (Å²) in [4.78, 5) is 12.1. The van der Waals surface area contributed by atoms with Crippen molar-refractivity contribution in [3.05, 3.63) is 35.4 Å². The van der Waals surface area contributed by atoms with Crippen LogP contribution in [0.3, 0.4) is 0 Å². The molecule has 1 N–H and O–H groups in total. The van der Waals surface area contributed by atoms with Crippen LogP contribution in [0.15, 0.2) is 18.2 Å². The molecular weight excluding hydrogens is 252 g/mol. The lowest BCUT2D eigenvalue weighted by molar-refractivity contribution is -0.151. The molecule has 19 heavy (non-hydrogen) atoms. The molecule has 0 spiro atoms. The lowest BCUT2D eigenvalue weighted by Crippen LogP contribution is -2.48. The molecule has 0 bridgehead atoms. The summed E-state index contributed by atoms with van der Waals surface area (Å²) < 4.78 is 31.4. The number of esters is 1. The summed E-state index contributed by atoms with van der Waals surface area (Å²) in [5, 5.41) is 3.15. The first-order valence-corrected chi connectivity index (χ1v) is 6.38. The molecule has 0 saturated heterocycles. The van der Waals surface area contributed by atoms with Gasteiger partial charge in [0, 0.05) is 6.04 Å². The Labute approximate surface area is 111 Å². The van der Waals surface area contributed by atoms with Gasteiger partial charge in [0.15, 0.2) is 11.6 Å². The third kappa shape index (κ3) is 2.92. The number of hydrogen-bond acceptors (Lipinski definition) is 3. The van der Waals surface area contributed by atoms with Gasteiger partial charge in [0.25, 0.3) is 0 Å². The molecule has 0 heterocycles. The number of hydrogen-bond donors (Lipinski definition) is 1. The summed E-state index contributed by atoms with van der Waals surface area (Å²) >= 11 is 0. The maximum Gasteiger partial charge on any atom is 0.330 e. The topological polar surface area (TPSA) is 38.3 Å². The van der Waals surface area contributed by atoms with Gasteiger partial charge >= 0.3 is 5.97 Å². The first-order chi connectivity index (χ1) is 8.97. The summed E-state index contributed by atoms with van der Waals surface area (Å²) in [6.07, 6.45) is 1.94. The van der Waals surface area contributed by atoms with E-state index in [2.05, 4.69) is 5.32 Å². The molecule has 0 radical (unpaired) electrons. The second-order valence-electron chi connectivity index (χ2n) is 4.89. The van der Waals surface area contributed by atoms with Gasteiger partial charge in [-0.15, -0.1) is 0 Å². The van der Waals surface area contributed by atoms with Gasteiger partial charge < -0.3 is 4.74 Å². The molecule has 1 fully saturated rings. The normalized spacial score (nSPS) is 17.9. The first-order valence-electron chi connectivity index (χ1n) is 6.38. The van der Waals surface area contributed by atoms with Crippen LogP contribution >= 0.6 is 0 Å². The number of benzene rings is 1. The molecule has 1 unspecified atom stereocenters. The number of rotatable bonds is 5. The minimum atomic E-state index is -1.15. The van der Waals surface area contributed by atoms with Crippen molar-refractivity contribution in [2.45, 2.75) is 38.3 Å². The number of nitrogens with one attached hydrogen (secondary N) is 1. The predicted molar refractivity (Wildman–Crippen MR) is 66.5 cm³/mol. The number of halogens is 2. The Morgan fingerprint density at radius 2 is 2.11 bits per heavy atom. The molecule has 2 rings (SSSR count). The fourth-order valence-electron chi connectivity index (χ4n) is 1.98. The van der Waals surface area contributed by atoms with Crippen LogP contribution in [0.25, 0.3) is 0 Å². The highest BCUT2D eigenvalue weighted by Crippen LogP contribution is 2.30. The molecule has 1 aromatic rings. The zero-order valence-corrected chi connectivity index (χ0v) is 11.0. The Morgan fingerprint density at radius 1 is 1.42 bits per heavy atom. The highest BCUT2D eigenvalue weighted by atomic mass is 19.2. The van der Waals surface area contributed by atoms with E-state index >= 15 is 0 Å². The Balaban J connectivity index is 2.34. The minimum Gasteiger partial charge on any atom is -0.464 e. The highest BCUT2D eigenvalue weighted by molar-refractivity contribution is 5.82. The third-order valence-electron chi connectivity index (χ3n) is 3.25. The fraction of sp³-hybridized carbons (Fsp3) is 0.500. The third-order valence-corrected chi connectivity index (χ3v) is 3.25. The quantitative estimate of drug-likeness (QED) is 0.835. The van der Waals surface area contributed by atoms with Crippen molar-refractivity contribution in [1.82, 2.24) is 5.32 Å². The summed E-state index contributed by atoms with van der Waals surface area (Å²) in [6.45, 7) is 3.58.